The first kappa shape index (κ1) is 43.9. The van der Waals surface area contributed by atoms with Crippen LogP contribution in [0.2, 0.25) is 0 Å². The molecule has 10 heteroatoms. The van der Waals surface area contributed by atoms with Crippen molar-refractivity contribution in [1.82, 2.24) is 0 Å². The van der Waals surface area contributed by atoms with E-state index in [4.69, 9.17) is 28.4 Å². The van der Waals surface area contributed by atoms with Gasteiger partial charge in [0.15, 0.2) is 6.29 Å². The average molecular weight is 795 g/mol. The second-order valence-electron chi connectivity index (χ2n) is 14.8. The molecule has 0 radical (unpaired) electrons. The van der Waals surface area contributed by atoms with Gasteiger partial charge in [0.1, 0.15) is 23.7 Å². The minimum absolute atomic E-state index is 0.0749. The molecule has 0 saturated heterocycles. The molecule has 1 N–H and O–H groups in total. The molecule has 1 saturated carbocycles. The van der Waals surface area contributed by atoms with Gasteiger partial charge in [-0.3, -0.25) is 0 Å². The smallest absolute Gasteiger partial charge is 0.338 e. The number of benzene rings is 4. The first-order valence-electron chi connectivity index (χ1n) is 20.7. The molecule has 0 heterocycles. The highest BCUT2D eigenvalue weighted by Gasteiger charge is 2.34. The Kier molecular flexibility index (Phi) is 17.6. The number of unbranched alkanes of at least 4 members (excludes halogenated alkanes) is 6. The number of rotatable bonds is 24. The van der Waals surface area contributed by atoms with Crippen LogP contribution in [0.3, 0.4) is 0 Å². The number of carbonyl (C=O) groups excluding carboxylic acids is 3. The van der Waals surface area contributed by atoms with Gasteiger partial charge in [0, 0.05) is 6.08 Å². The third-order valence-electron chi connectivity index (χ3n) is 10.5. The molecule has 0 amide bonds. The van der Waals surface area contributed by atoms with Crippen LogP contribution in [0.4, 0.5) is 0 Å². The van der Waals surface area contributed by atoms with Crippen LogP contribution < -0.4 is 9.47 Å². The Morgan fingerprint density at radius 2 is 1.19 bits per heavy atom. The summed E-state index contributed by atoms with van der Waals surface area (Å²) in [6.45, 7) is 11.1. The van der Waals surface area contributed by atoms with Crippen molar-refractivity contribution < 1.29 is 47.9 Å². The zero-order valence-corrected chi connectivity index (χ0v) is 33.7. The molecule has 4 aromatic carbocycles. The molecule has 0 aromatic heterocycles. The Bertz CT molecular complexity index is 1970. The number of hydrogen-bond acceptors (Lipinski definition) is 10. The Hall–Kier alpha value is -5.19. The first-order valence-corrected chi connectivity index (χ1v) is 20.7. The number of carbonyl (C=O) groups is 3. The molecule has 10 nitrogen and oxygen atoms in total. The second kappa shape index (κ2) is 23.3. The lowest BCUT2D eigenvalue weighted by molar-refractivity contribution is -0.137. The molecule has 1 aliphatic carbocycles. The number of esters is 3. The maximum Gasteiger partial charge on any atom is 0.338 e. The van der Waals surface area contributed by atoms with Crippen LogP contribution in [0, 0.1) is 5.92 Å². The maximum absolute atomic E-state index is 13.3. The second-order valence-corrected chi connectivity index (χ2v) is 14.8. The number of aliphatic hydroxyl groups is 1. The Labute approximate surface area is 342 Å². The largest absolute Gasteiger partial charge is 0.494 e. The van der Waals surface area contributed by atoms with Gasteiger partial charge in [0.2, 0.25) is 0 Å². The van der Waals surface area contributed by atoms with Gasteiger partial charge < -0.3 is 33.5 Å². The molecule has 0 aliphatic heterocycles. The van der Waals surface area contributed by atoms with Gasteiger partial charge in [0.25, 0.3) is 0 Å². The summed E-state index contributed by atoms with van der Waals surface area (Å²) < 4.78 is 34.2. The summed E-state index contributed by atoms with van der Waals surface area (Å²) in [6, 6.07) is 22.8. The molecule has 1 unspecified atom stereocenters. The van der Waals surface area contributed by atoms with E-state index in [9.17, 15) is 19.5 Å². The number of aliphatic hydroxyl groups excluding tert-OH is 1. The fourth-order valence-electron chi connectivity index (χ4n) is 7.19. The van der Waals surface area contributed by atoms with E-state index in [2.05, 4.69) is 20.1 Å². The Balaban J connectivity index is 1.03. The van der Waals surface area contributed by atoms with Crippen molar-refractivity contribution in [2.24, 2.45) is 5.92 Å². The lowest BCUT2D eigenvalue weighted by Gasteiger charge is -2.35. The summed E-state index contributed by atoms with van der Waals surface area (Å²) in [6.07, 6.45) is 11.2. The van der Waals surface area contributed by atoms with E-state index in [0.29, 0.717) is 56.8 Å². The van der Waals surface area contributed by atoms with Crippen LogP contribution in [0.25, 0.3) is 21.5 Å². The van der Waals surface area contributed by atoms with Crippen LogP contribution in [0.1, 0.15) is 105 Å². The van der Waals surface area contributed by atoms with Gasteiger partial charge in [-0.15, -0.1) is 0 Å². The molecule has 58 heavy (non-hydrogen) atoms. The van der Waals surface area contributed by atoms with E-state index in [-0.39, 0.29) is 36.0 Å². The van der Waals surface area contributed by atoms with Gasteiger partial charge in [-0.05, 0) is 153 Å². The van der Waals surface area contributed by atoms with Gasteiger partial charge in [-0.2, -0.15) is 0 Å². The first-order chi connectivity index (χ1) is 28.3. The van der Waals surface area contributed by atoms with E-state index >= 15 is 0 Å². The molecule has 0 bridgehead atoms. The van der Waals surface area contributed by atoms with E-state index in [1.54, 1.807) is 12.1 Å². The lowest BCUT2D eigenvalue weighted by Crippen LogP contribution is -2.37. The summed E-state index contributed by atoms with van der Waals surface area (Å²) >= 11 is 0. The predicted molar refractivity (Wildman–Crippen MR) is 225 cm³/mol. The highest BCUT2D eigenvalue weighted by molar-refractivity contribution is 5.97. The quantitative estimate of drug-likeness (QED) is 0.0183. The monoisotopic (exact) mass is 794 g/mol. The predicted octanol–water partition coefficient (Wildman–Crippen LogP) is 10.1. The van der Waals surface area contributed by atoms with Crippen LogP contribution >= 0.6 is 0 Å². The van der Waals surface area contributed by atoms with Gasteiger partial charge >= 0.3 is 17.9 Å². The van der Waals surface area contributed by atoms with Crippen LogP contribution in [-0.2, 0) is 23.7 Å². The Morgan fingerprint density at radius 1 is 0.672 bits per heavy atom. The molecule has 4 atom stereocenters. The van der Waals surface area contributed by atoms with Gasteiger partial charge in [-0.1, -0.05) is 50.8 Å². The molecule has 1 aliphatic rings. The van der Waals surface area contributed by atoms with Crippen molar-refractivity contribution in [1.29, 1.82) is 0 Å². The van der Waals surface area contributed by atoms with Crippen molar-refractivity contribution in [2.75, 3.05) is 26.4 Å². The highest BCUT2D eigenvalue weighted by atomic mass is 16.6. The van der Waals surface area contributed by atoms with Gasteiger partial charge in [0.05, 0.1) is 37.6 Å². The molecule has 1 fully saturated rings. The average Bonchev–Trinajstić information content (AvgIpc) is 3.25. The lowest BCUT2D eigenvalue weighted by atomic mass is 9.83. The molecule has 4 aromatic rings. The maximum atomic E-state index is 13.3. The molecular weight excluding hydrogens is 737 g/mol. The summed E-state index contributed by atoms with van der Waals surface area (Å²) in [5, 5.41) is 13.1. The minimum atomic E-state index is -0.900. The van der Waals surface area contributed by atoms with Gasteiger partial charge in [-0.25, -0.2) is 14.4 Å². The topological polar surface area (TPSA) is 127 Å². The van der Waals surface area contributed by atoms with Crippen molar-refractivity contribution in [3.63, 3.8) is 0 Å². The van der Waals surface area contributed by atoms with Crippen molar-refractivity contribution in [2.45, 2.75) is 102 Å². The standard InChI is InChI=1S/C48H58O10/c1-4-34-31-43(57-47(51)39-17-15-37-32-41(21-19-35(37)29-39)53-25-11-7-9-13-27-55-45(49)5-2)23-24-44(34)58-48(52)40-18-16-38-33-42(22-20-36(38)30-40)54-26-12-8-10-14-28-56-46(50)6-3/h5-6,15-22,29-30,32-34,43-45,49H,2-4,7-14,23-28,31H2,1H3/t34-,43-,44-,45?/m0/s1. The van der Waals surface area contributed by atoms with Crippen LogP contribution in [0.15, 0.2) is 98.1 Å². The summed E-state index contributed by atoms with van der Waals surface area (Å²) in [5.41, 5.74) is 0.998. The highest BCUT2D eigenvalue weighted by Crippen LogP contribution is 2.33. The summed E-state index contributed by atoms with van der Waals surface area (Å²) in [4.78, 5) is 37.7. The zero-order chi connectivity index (χ0) is 41.1. The minimum Gasteiger partial charge on any atom is -0.494 e. The fourth-order valence-corrected chi connectivity index (χ4v) is 7.19. The molecular formula is C48H58O10. The molecule has 310 valence electrons. The van der Waals surface area contributed by atoms with Crippen LogP contribution in [0.5, 0.6) is 11.5 Å². The summed E-state index contributed by atoms with van der Waals surface area (Å²) in [5.74, 6) is 0.535. The van der Waals surface area contributed by atoms with E-state index in [0.717, 1.165) is 90.8 Å². The van der Waals surface area contributed by atoms with Crippen LogP contribution in [-0.4, -0.2) is 67.9 Å². The van der Waals surface area contributed by atoms with Crippen molar-refractivity contribution in [3.8, 4) is 11.5 Å². The molecule has 5 rings (SSSR count). The Morgan fingerprint density at radius 3 is 1.74 bits per heavy atom. The molecule has 0 spiro atoms. The normalized spacial score (nSPS) is 17.0. The SMILES string of the molecule is C=CC(=O)OCCCCCCOc1ccc2cc(C(=O)O[C@H]3CC[C@H](OC(=O)c4ccc5cc(OCCCCCCOC(O)C=C)ccc5c4)C[C@@H]3CC)ccc2c1. The third-order valence-corrected chi connectivity index (χ3v) is 10.5. The van der Waals surface area contributed by atoms with E-state index < -0.39 is 6.29 Å². The number of fused-ring (bicyclic) bond motifs is 2. The fraction of sp³-hybridized carbons (Fsp3) is 0.438. The third kappa shape index (κ3) is 13.7. The zero-order valence-electron chi connectivity index (χ0n) is 33.7. The number of hydrogen-bond donors (Lipinski definition) is 1. The van der Waals surface area contributed by atoms with Crippen molar-refractivity contribution in [3.05, 3.63) is 109 Å². The van der Waals surface area contributed by atoms with Crippen molar-refractivity contribution >= 4 is 39.5 Å². The van der Waals surface area contributed by atoms with E-state index in [1.807, 2.05) is 60.7 Å². The number of ether oxygens (including phenoxy) is 6. The van der Waals surface area contributed by atoms with E-state index in [1.165, 1.54) is 12.2 Å². The summed E-state index contributed by atoms with van der Waals surface area (Å²) in [7, 11) is 0.